The first-order chi connectivity index (χ1) is 9.35. The maximum atomic E-state index is 8.31. The monoisotopic (exact) mass is 271 g/mol. The molecule has 0 aromatic carbocycles. The maximum Gasteiger partial charge on any atom is 0.0701 e. The van der Waals surface area contributed by atoms with E-state index in [0.29, 0.717) is 45.4 Å². The van der Waals surface area contributed by atoms with Crippen molar-refractivity contribution in [1.82, 2.24) is 0 Å². The van der Waals surface area contributed by atoms with Crippen LogP contribution in [-0.2, 0) is 14.2 Å². The van der Waals surface area contributed by atoms with Crippen LogP contribution in [0, 0.1) is 17.2 Å². The minimum Gasteiger partial charge on any atom is -0.379 e. The SMILES string of the molecule is CCCCC(CC)COCCOCCOCCC#N. The highest BCUT2D eigenvalue weighted by Gasteiger charge is 2.05. The summed E-state index contributed by atoms with van der Waals surface area (Å²) < 4.78 is 16.2. The van der Waals surface area contributed by atoms with Crippen LogP contribution < -0.4 is 0 Å². The van der Waals surface area contributed by atoms with E-state index in [1.807, 2.05) is 6.07 Å². The summed E-state index contributed by atoms with van der Waals surface area (Å²) in [5.41, 5.74) is 0. The van der Waals surface area contributed by atoms with Crippen LogP contribution in [0.3, 0.4) is 0 Å². The van der Waals surface area contributed by atoms with E-state index in [2.05, 4.69) is 13.8 Å². The lowest BCUT2D eigenvalue weighted by Gasteiger charge is -2.14. The quantitative estimate of drug-likeness (QED) is 0.455. The molecule has 0 spiro atoms. The minimum atomic E-state index is 0.444. The number of nitrogens with zero attached hydrogens (tertiary/aromatic N) is 1. The zero-order valence-corrected chi connectivity index (χ0v) is 12.5. The number of hydrogen-bond acceptors (Lipinski definition) is 4. The molecule has 19 heavy (non-hydrogen) atoms. The molecule has 0 aromatic rings. The smallest absolute Gasteiger partial charge is 0.0701 e. The van der Waals surface area contributed by atoms with Gasteiger partial charge in [-0.15, -0.1) is 0 Å². The van der Waals surface area contributed by atoms with Crippen LogP contribution in [0.2, 0.25) is 0 Å². The van der Waals surface area contributed by atoms with Gasteiger partial charge in [0.2, 0.25) is 0 Å². The fourth-order valence-electron chi connectivity index (χ4n) is 1.71. The standard InChI is InChI=1S/C15H29NO3/c1-3-5-7-15(4-2)14-19-13-12-18-11-10-17-9-6-8-16/h15H,3-7,9-14H2,1-2H3. The largest absolute Gasteiger partial charge is 0.379 e. The second kappa shape index (κ2) is 15.4. The predicted molar refractivity (Wildman–Crippen MR) is 76.0 cm³/mol. The molecule has 0 fully saturated rings. The highest BCUT2D eigenvalue weighted by atomic mass is 16.5. The lowest BCUT2D eigenvalue weighted by molar-refractivity contribution is 0.00700. The first-order valence-electron chi connectivity index (χ1n) is 7.45. The van der Waals surface area contributed by atoms with Gasteiger partial charge >= 0.3 is 0 Å². The zero-order chi connectivity index (χ0) is 14.2. The summed E-state index contributed by atoms with van der Waals surface area (Å²) in [4.78, 5) is 0. The second-order valence-corrected chi connectivity index (χ2v) is 4.62. The molecule has 0 aliphatic heterocycles. The van der Waals surface area contributed by atoms with E-state index in [1.165, 1.54) is 25.7 Å². The fraction of sp³-hybridized carbons (Fsp3) is 0.933. The number of unbranched alkanes of at least 4 members (excludes halogenated alkanes) is 1. The second-order valence-electron chi connectivity index (χ2n) is 4.62. The van der Waals surface area contributed by atoms with Crippen LogP contribution in [0.1, 0.15) is 46.0 Å². The molecule has 0 N–H and O–H groups in total. The summed E-state index contributed by atoms with van der Waals surface area (Å²) in [7, 11) is 0. The van der Waals surface area contributed by atoms with E-state index in [1.54, 1.807) is 0 Å². The summed E-state index contributed by atoms with van der Waals surface area (Å²) in [6.07, 6.45) is 5.44. The summed E-state index contributed by atoms with van der Waals surface area (Å²) in [5, 5.41) is 8.31. The number of ether oxygens (including phenoxy) is 3. The maximum absolute atomic E-state index is 8.31. The Morgan fingerprint density at radius 2 is 1.58 bits per heavy atom. The van der Waals surface area contributed by atoms with Crippen molar-refractivity contribution < 1.29 is 14.2 Å². The van der Waals surface area contributed by atoms with Gasteiger partial charge in [-0.3, -0.25) is 0 Å². The van der Waals surface area contributed by atoms with Crippen molar-refractivity contribution in [2.45, 2.75) is 46.0 Å². The Kier molecular flexibility index (Phi) is 14.9. The Morgan fingerprint density at radius 1 is 0.947 bits per heavy atom. The van der Waals surface area contributed by atoms with E-state index >= 15 is 0 Å². The number of rotatable bonds is 14. The Labute approximate surface area is 118 Å². The van der Waals surface area contributed by atoms with Gasteiger partial charge in [0.1, 0.15) is 0 Å². The molecule has 0 aliphatic rings. The predicted octanol–water partition coefficient (Wildman–Crippen LogP) is 3.17. The van der Waals surface area contributed by atoms with Gasteiger partial charge in [-0.1, -0.05) is 33.1 Å². The number of nitriles is 1. The average Bonchev–Trinajstić information content (AvgIpc) is 2.44. The third-order valence-corrected chi connectivity index (χ3v) is 3.00. The van der Waals surface area contributed by atoms with E-state index in [4.69, 9.17) is 19.5 Å². The lowest BCUT2D eigenvalue weighted by Crippen LogP contribution is -2.14. The molecule has 1 unspecified atom stereocenters. The highest BCUT2D eigenvalue weighted by Crippen LogP contribution is 2.12. The summed E-state index contributed by atoms with van der Waals surface area (Å²) in [6.45, 7) is 8.17. The molecule has 112 valence electrons. The van der Waals surface area contributed by atoms with Crippen LogP contribution in [0.5, 0.6) is 0 Å². The third-order valence-electron chi connectivity index (χ3n) is 3.00. The van der Waals surface area contributed by atoms with Crippen molar-refractivity contribution in [3.05, 3.63) is 0 Å². The first kappa shape index (κ1) is 18.4. The van der Waals surface area contributed by atoms with Crippen LogP contribution in [0.4, 0.5) is 0 Å². The first-order valence-corrected chi connectivity index (χ1v) is 7.45. The molecule has 0 radical (unpaired) electrons. The van der Waals surface area contributed by atoms with Gasteiger partial charge in [0.25, 0.3) is 0 Å². The molecule has 0 saturated carbocycles. The molecule has 0 aliphatic carbocycles. The van der Waals surface area contributed by atoms with Crippen molar-refractivity contribution >= 4 is 0 Å². The van der Waals surface area contributed by atoms with Crippen molar-refractivity contribution in [3.63, 3.8) is 0 Å². The van der Waals surface area contributed by atoms with E-state index in [-0.39, 0.29) is 0 Å². The van der Waals surface area contributed by atoms with Crippen LogP contribution in [0.15, 0.2) is 0 Å². The zero-order valence-electron chi connectivity index (χ0n) is 12.5. The Balaban J connectivity index is 3.18. The molecule has 0 bridgehead atoms. The van der Waals surface area contributed by atoms with Crippen molar-refractivity contribution in [2.75, 3.05) is 39.6 Å². The third kappa shape index (κ3) is 13.6. The minimum absolute atomic E-state index is 0.444. The van der Waals surface area contributed by atoms with E-state index in [0.717, 1.165) is 6.61 Å². The van der Waals surface area contributed by atoms with E-state index < -0.39 is 0 Å². The molecule has 4 heteroatoms. The van der Waals surface area contributed by atoms with Gasteiger partial charge in [-0.2, -0.15) is 5.26 Å². The molecule has 0 amide bonds. The molecule has 0 heterocycles. The normalized spacial score (nSPS) is 12.3. The summed E-state index contributed by atoms with van der Waals surface area (Å²) in [5.74, 6) is 0.689. The molecule has 0 saturated heterocycles. The molecule has 0 rings (SSSR count). The average molecular weight is 271 g/mol. The summed E-state index contributed by atoms with van der Waals surface area (Å²) >= 11 is 0. The van der Waals surface area contributed by atoms with Crippen molar-refractivity contribution in [2.24, 2.45) is 5.92 Å². The van der Waals surface area contributed by atoms with Crippen molar-refractivity contribution in [3.8, 4) is 6.07 Å². The number of hydrogen-bond donors (Lipinski definition) is 0. The molecule has 1 atom stereocenters. The van der Waals surface area contributed by atoms with Gasteiger partial charge < -0.3 is 14.2 Å². The van der Waals surface area contributed by atoms with Gasteiger partial charge in [0.05, 0.1) is 45.5 Å². The molecule has 0 aromatic heterocycles. The highest BCUT2D eigenvalue weighted by molar-refractivity contribution is 4.66. The molecule has 4 nitrogen and oxygen atoms in total. The van der Waals surface area contributed by atoms with Gasteiger partial charge in [0.15, 0.2) is 0 Å². The Morgan fingerprint density at radius 3 is 2.16 bits per heavy atom. The van der Waals surface area contributed by atoms with Crippen LogP contribution >= 0.6 is 0 Å². The van der Waals surface area contributed by atoms with Crippen molar-refractivity contribution in [1.29, 1.82) is 5.26 Å². The molecular formula is C15H29NO3. The summed E-state index contributed by atoms with van der Waals surface area (Å²) in [6, 6.07) is 2.03. The topological polar surface area (TPSA) is 51.5 Å². The van der Waals surface area contributed by atoms with E-state index in [9.17, 15) is 0 Å². The van der Waals surface area contributed by atoms with Gasteiger partial charge in [-0.25, -0.2) is 0 Å². The van der Waals surface area contributed by atoms with Crippen LogP contribution in [0.25, 0.3) is 0 Å². The Hall–Kier alpha value is -0.630. The fourth-order valence-corrected chi connectivity index (χ4v) is 1.71. The molecular weight excluding hydrogens is 242 g/mol. The Bertz CT molecular complexity index is 216. The lowest BCUT2D eigenvalue weighted by atomic mass is 10.0. The van der Waals surface area contributed by atoms with Crippen LogP contribution in [-0.4, -0.2) is 39.6 Å². The van der Waals surface area contributed by atoms with Gasteiger partial charge in [-0.05, 0) is 12.3 Å². The van der Waals surface area contributed by atoms with Gasteiger partial charge in [0, 0.05) is 6.61 Å².